The summed E-state index contributed by atoms with van der Waals surface area (Å²) in [7, 11) is 1.36. The quantitative estimate of drug-likeness (QED) is 0.796. The number of carbonyl (C=O) groups is 1. The molecule has 1 aliphatic heterocycles. The third kappa shape index (κ3) is 3.36. The number of ether oxygens (including phenoxy) is 1. The van der Waals surface area contributed by atoms with E-state index >= 15 is 0 Å². The van der Waals surface area contributed by atoms with Crippen LogP contribution in [0, 0.1) is 0 Å². The highest BCUT2D eigenvalue weighted by Crippen LogP contribution is 2.25. The van der Waals surface area contributed by atoms with Crippen molar-refractivity contribution in [2.45, 2.75) is 38.3 Å². The molecule has 106 valence electrons. The maximum atomic E-state index is 11.6. The second kappa shape index (κ2) is 6.73. The van der Waals surface area contributed by atoms with Crippen LogP contribution in [0.3, 0.4) is 0 Å². The first-order chi connectivity index (χ1) is 9.26. The molecular weight excluding hydrogens is 246 g/mol. The van der Waals surface area contributed by atoms with E-state index in [0.29, 0.717) is 18.3 Å². The molecule has 0 spiro atoms. The van der Waals surface area contributed by atoms with E-state index in [1.165, 1.54) is 19.8 Å². The standard InChI is InChI=1S/C14H21NO4/c1-18-14(17)13-11(6-9-19-13)10-15-7-2-4-12(15)5-3-8-16/h6,9,12,16H,2-5,7-8,10H2,1H3. The molecule has 1 N–H and O–H groups in total. The van der Waals surface area contributed by atoms with Gasteiger partial charge >= 0.3 is 5.97 Å². The van der Waals surface area contributed by atoms with E-state index in [0.717, 1.165) is 31.4 Å². The molecule has 1 aromatic heterocycles. The van der Waals surface area contributed by atoms with Crippen molar-refractivity contribution in [1.29, 1.82) is 0 Å². The number of aliphatic hydroxyl groups excluding tert-OH is 1. The lowest BCUT2D eigenvalue weighted by atomic mass is 10.1. The molecule has 1 aliphatic rings. The monoisotopic (exact) mass is 267 g/mol. The van der Waals surface area contributed by atoms with Gasteiger partial charge in [0.25, 0.3) is 0 Å². The van der Waals surface area contributed by atoms with E-state index in [1.54, 1.807) is 0 Å². The Kier molecular flexibility index (Phi) is 4.99. The minimum Gasteiger partial charge on any atom is -0.463 e. The second-order valence-corrected chi connectivity index (χ2v) is 4.90. The van der Waals surface area contributed by atoms with E-state index in [4.69, 9.17) is 14.3 Å². The van der Waals surface area contributed by atoms with Crippen molar-refractivity contribution in [3.8, 4) is 0 Å². The molecule has 1 unspecified atom stereocenters. The minimum absolute atomic E-state index is 0.240. The number of hydrogen-bond acceptors (Lipinski definition) is 5. The number of nitrogens with zero attached hydrogens (tertiary/aromatic N) is 1. The van der Waals surface area contributed by atoms with Gasteiger partial charge in [0.15, 0.2) is 0 Å². The van der Waals surface area contributed by atoms with Gasteiger partial charge in [0.2, 0.25) is 5.76 Å². The molecule has 2 rings (SSSR count). The molecule has 0 aromatic carbocycles. The summed E-state index contributed by atoms with van der Waals surface area (Å²) in [5.41, 5.74) is 0.878. The van der Waals surface area contributed by atoms with Crippen LogP contribution in [-0.2, 0) is 11.3 Å². The number of hydrogen-bond donors (Lipinski definition) is 1. The van der Waals surface area contributed by atoms with E-state index in [9.17, 15) is 4.79 Å². The van der Waals surface area contributed by atoms with Crippen LogP contribution >= 0.6 is 0 Å². The number of aliphatic hydroxyl groups is 1. The zero-order chi connectivity index (χ0) is 13.7. The summed E-state index contributed by atoms with van der Waals surface area (Å²) in [5.74, 6) is -0.124. The van der Waals surface area contributed by atoms with Gasteiger partial charge in [0.1, 0.15) is 0 Å². The molecule has 5 heteroatoms. The van der Waals surface area contributed by atoms with Crippen molar-refractivity contribution in [1.82, 2.24) is 4.90 Å². The molecule has 0 saturated carbocycles. The van der Waals surface area contributed by atoms with Crippen molar-refractivity contribution in [2.24, 2.45) is 0 Å². The molecule has 2 heterocycles. The number of esters is 1. The van der Waals surface area contributed by atoms with Crippen LogP contribution < -0.4 is 0 Å². The van der Waals surface area contributed by atoms with Crippen LogP contribution in [0.5, 0.6) is 0 Å². The third-order valence-corrected chi connectivity index (χ3v) is 3.69. The smallest absolute Gasteiger partial charge is 0.374 e. The van der Waals surface area contributed by atoms with Crippen molar-refractivity contribution < 1.29 is 19.1 Å². The molecule has 1 atom stereocenters. The largest absolute Gasteiger partial charge is 0.463 e. The van der Waals surface area contributed by atoms with Crippen LogP contribution in [0.4, 0.5) is 0 Å². The summed E-state index contributed by atoms with van der Waals surface area (Å²) >= 11 is 0. The Morgan fingerprint density at radius 3 is 3.21 bits per heavy atom. The third-order valence-electron chi connectivity index (χ3n) is 3.69. The highest BCUT2D eigenvalue weighted by molar-refractivity contribution is 5.87. The Morgan fingerprint density at radius 1 is 1.63 bits per heavy atom. The Bertz CT molecular complexity index is 415. The summed E-state index contributed by atoms with van der Waals surface area (Å²) in [5, 5.41) is 8.92. The summed E-state index contributed by atoms with van der Waals surface area (Å²) in [6, 6.07) is 2.32. The van der Waals surface area contributed by atoms with Gasteiger partial charge in [-0.2, -0.15) is 0 Å². The van der Waals surface area contributed by atoms with Gasteiger partial charge in [0, 0.05) is 24.8 Å². The van der Waals surface area contributed by atoms with Crippen LogP contribution in [0.15, 0.2) is 16.7 Å². The summed E-state index contributed by atoms with van der Waals surface area (Å²) < 4.78 is 9.91. The Morgan fingerprint density at radius 2 is 2.47 bits per heavy atom. The molecular formula is C14H21NO4. The fourth-order valence-electron chi connectivity index (χ4n) is 2.71. The Labute approximate surface area is 113 Å². The van der Waals surface area contributed by atoms with Gasteiger partial charge in [-0.1, -0.05) is 0 Å². The lowest BCUT2D eigenvalue weighted by molar-refractivity contribution is 0.0561. The number of likely N-dealkylation sites (tertiary alicyclic amines) is 1. The van der Waals surface area contributed by atoms with Crippen molar-refractivity contribution in [3.63, 3.8) is 0 Å². The zero-order valence-electron chi connectivity index (χ0n) is 11.3. The first kappa shape index (κ1) is 14.1. The maximum Gasteiger partial charge on any atom is 0.374 e. The average molecular weight is 267 g/mol. The molecule has 5 nitrogen and oxygen atoms in total. The molecule has 0 bridgehead atoms. The summed E-state index contributed by atoms with van der Waals surface area (Å²) in [6.45, 7) is 1.97. The van der Waals surface area contributed by atoms with E-state index in [-0.39, 0.29) is 6.61 Å². The normalized spacial score (nSPS) is 19.8. The van der Waals surface area contributed by atoms with E-state index in [2.05, 4.69) is 4.90 Å². The Hall–Kier alpha value is -1.33. The first-order valence-corrected chi connectivity index (χ1v) is 6.76. The lowest BCUT2D eigenvalue weighted by Crippen LogP contribution is -2.29. The zero-order valence-corrected chi connectivity index (χ0v) is 11.3. The number of carbonyl (C=O) groups excluding carboxylic acids is 1. The van der Waals surface area contributed by atoms with Crippen LogP contribution in [0.2, 0.25) is 0 Å². The first-order valence-electron chi connectivity index (χ1n) is 6.76. The van der Waals surface area contributed by atoms with Gasteiger partial charge in [-0.15, -0.1) is 0 Å². The predicted molar refractivity (Wildman–Crippen MR) is 69.8 cm³/mol. The molecule has 0 amide bonds. The SMILES string of the molecule is COC(=O)c1occc1CN1CCCC1CCCO. The highest BCUT2D eigenvalue weighted by Gasteiger charge is 2.26. The van der Waals surface area contributed by atoms with Crippen LogP contribution in [0.1, 0.15) is 41.8 Å². The average Bonchev–Trinajstić information content (AvgIpc) is 3.05. The summed E-state index contributed by atoms with van der Waals surface area (Å²) in [6.07, 6.45) is 5.69. The molecule has 1 aromatic rings. The highest BCUT2D eigenvalue weighted by atomic mass is 16.5. The van der Waals surface area contributed by atoms with E-state index < -0.39 is 5.97 Å². The molecule has 1 fully saturated rings. The van der Waals surface area contributed by atoms with Crippen molar-refractivity contribution in [2.75, 3.05) is 20.3 Å². The molecule has 1 saturated heterocycles. The van der Waals surface area contributed by atoms with Gasteiger partial charge in [0.05, 0.1) is 13.4 Å². The van der Waals surface area contributed by atoms with Gasteiger partial charge in [-0.25, -0.2) is 4.79 Å². The number of furan rings is 1. The lowest BCUT2D eigenvalue weighted by Gasteiger charge is -2.23. The molecule has 0 aliphatic carbocycles. The maximum absolute atomic E-state index is 11.6. The number of rotatable bonds is 6. The fraction of sp³-hybridized carbons (Fsp3) is 0.643. The summed E-state index contributed by atoms with van der Waals surface area (Å²) in [4.78, 5) is 13.9. The minimum atomic E-state index is -0.425. The van der Waals surface area contributed by atoms with Crippen molar-refractivity contribution >= 4 is 5.97 Å². The molecule has 19 heavy (non-hydrogen) atoms. The van der Waals surface area contributed by atoms with Gasteiger partial charge < -0.3 is 14.3 Å². The fourth-order valence-corrected chi connectivity index (χ4v) is 2.71. The second-order valence-electron chi connectivity index (χ2n) is 4.90. The van der Waals surface area contributed by atoms with Gasteiger partial charge in [-0.05, 0) is 38.3 Å². The number of methoxy groups -OCH3 is 1. The van der Waals surface area contributed by atoms with Crippen LogP contribution in [0.25, 0.3) is 0 Å². The van der Waals surface area contributed by atoms with Crippen LogP contribution in [-0.4, -0.2) is 42.3 Å². The Balaban J connectivity index is 2.00. The van der Waals surface area contributed by atoms with E-state index in [1.807, 2.05) is 6.07 Å². The van der Waals surface area contributed by atoms with Crippen molar-refractivity contribution in [3.05, 3.63) is 23.7 Å². The predicted octanol–water partition coefficient (Wildman–Crippen LogP) is 1.80. The van der Waals surface area contributed by atoms with Gasteiger partial charge in [-0.3, -0.25) is 4.90 Å². The molecule has 0 radical (unpaired) electrons. The topological polar surface area (TPSA) is 62.9 Å².